The van der Waals surface area contributed by atoms with Crippen molar-refractivity contribution in [2.75, 3.05) is 13.2 Å². The van der Waals surface area contributed by atoms with Gasteiger partial charge in [0.25, 0.3) is 0 Å². The Labute approximate surface area is 136 Å². The minimum Gasteiger partial charge on any atom is -0.466 e. The van der Waals surface area contributed by atoms with Gasteiger partial charge in [-0.05, 0) is 33.6 Å². The molecule has 0 saturated heterocycles. The summed E-state index contributed by atoms with van der Waals surface area (Å²) >= 11 is 0. The van der Waals surface area contributed by atoms with Crippen molar-refractivity contribution >= 4 is 11.9 Å². The van der Waals surface area contributed by atoms with Crippen LogP contribution in [-0.2, 0) is 14.3 Å². The summed E-state index contributed by atoms with van der Waals surface area (Å²) in [5.41, 5.74) is -0.258. The van der Waals surface area contributed by atoms with Crippen LogP contribution in [0.3, 0.4) is 0 Å². The standard InChI is InChI=1S/C18H35NO3/c1-6-8-10-11-12-16(20)19(18(3,4)5)14-13-17(21)22-15-9-7-2/h6-15H2,1-5H3. The zero-order chi connectivity index (χ0) is 17.0. The number of unbranched alkanes of at least 4 members (excludes halogenated alkanes) is 4. The van der Waals surface area contributed by atoms with E-state index in [-0.39, 0.29) is 23.8 Å². The van der Waals surface area contributed by atoms with E-state index < -0.39 is 0 Å². The van der Waals surface area contributed by atoms with Crippen molar-refractivity contribution in [3.8, 4) is 0 Å². The molecule has 0 heterocycles. The highest BCUT2D eigenvalue weighted by Gasteiger charge is 2.26. The van der Waals surface area contributed by atoms with Crippen LogP contribution in [0.4, 0.5) is 0 Å². The molecule has 0 N–H and O–H groups in total. The van der Waals surface area contributed by atoms with E-state index in [9.17, 15) is 9.59 Å². The summed E-state index contributed by atoms with van der Waals surface area (Å²) in [6, 6.07) is 0. The number of hydrogen-bond donors (Lipinski definition) is 0. The largest absolute Gasteiger partial charge is 0.466 e. The first-order chi connectivity index (χ1) is 10.3. The van der Waals surface area contributed by atoms with E-state index in [1.165, 1.54) is 12.8 Å². The van der Waals surface area contributed by atoms with Crippen molar-refractivity contribution in [2.24, 2.45) is 0 Å². The molecule has 0 saturated carbocycles. The molecule has 0 fully saturated rings. The van der Waals surface area contributed by atoms with Crippen LogP contribution in [-0.4, -0.2) is 35.5 Å². The van der Waals surface area contributed by atoms with Gasteiger partial charge in [-0.25, -0.2) is 0 Å². The van der Waals surface area contributed by atoms with Crippen LogP contribution in [0.2, 0.25) is 0 Å². The molecule has 22 heavy (non-hydrogen) atoms. The van der Waals surface area contributed by atoms with Crippen LogP contribution in [0.25, 0.3) is 0 Å². The molecule has 0 aliphatic heterocycles. The van der Waals surface area contributed by atoms with E-state index in [2.05, 4.69) is 13.8 Å². The molecule has 4 heteroatoms. The van der Waals surface area contributed by atoms with Gasteiger partial charge in [0, 0.05) is 18.5 Å². The third-order valence-electron chi connectivity index (χ3n) is 3.66. The molecule has 0 aromatic carbocycles. The van der Waals surface area contributed by atoms with Gasteiger partial charge in [0.1, 0.15) is 0 Å². The highest BCUT2D eigenvalue weighted by molar-refractivity contribution is 5.78. The van der Waals surface area contributed by atoms with Crippen LogP contribution >= 0.6 is 0 Å². The summed E-state index contributed by atoms with van der Waals surface area (Å²) in [6.45, 7) is 11.2. The molecule has 0 radical (unpaired) electrons. The number of nitrogens with zero attached hydrogens (tertiary/aromatic N) is 1. The van der Waals surface area contributed by atoms with E-state index >= 15 is 0 Å². The Balaban J connectivity index is 4.29. The number of ether oxygens (including phenoxy) is 1. The SMILES string of the molecule is CCCCCCC(=O)N(CCC(=O)OCCCC)C(C)(C)C. The lowest BCUT2D eigenvalue weighted by molar-refractivity contribution is -0.145. The Morgan fingerprint density at radius 1 is 0.909 bits per heavy atom. The van der Waals surface area contributed by atoms with Gasteiger partial charge in [-0.15, -0.1) is 0 Å². The lowest BCUT2D eigenvalue weighted by Crippen LogP contribution is -2.46. The number of hydrogen-bond acceptors (Lipinski definition) is 3. The van der Waals surface area contributed by atoms with Crippen molar-refractivity contribution < 1.29 is 14.3 Å². The Morgan fingerprint density at radius 3 is 2.09 bits per heavy atom. The second kappa shape index (κ2) is 11.5. The molecule has 0 bridgehead atoms. The zero-order valence-corrected chi connectivity index (χ0v) is 15.2. The summed E-state index contributed by atoms with van der Waals surface area (Å²) in [7, 11) is 0. The van der Waals surface area contributed by atoms with Crippen LogP contribution in [0.15, 0.2) is 0 Å². The molecular formula is C18H35NO3. The van der Waals surface area contributed by atoms with Crippen molar-refractivity contribution in [2.45, 2.75) is 91.5 Å². The molecule has 130 valence electrons. The minimum atomic E-state index is -0.258. The molecule has 4 nitrogen and oxygen atoms in total. The Hall–Kier alpha value is -1.06. The quantitative estimate of drug-likeness (QED) is 0.421. The maximum absolute atomic E-state index is 12.4. The van der Waals surface area contributed by atoms with E-state index in [0.717, 1.165) is 25.7 Å². The van der Waals surface area contributed by atoms with Crippen molar-refractivity contribution in [1.82, 2.24) is 4.90 Å². The number of rotatable bonds is 11. The van der Waals surface area contributed by atoms with Gasteiger partial charge in [-0.3, -0.25) is 9.59 Å². The normalized spacial score (nSPS) is 11.3. The Morgan fingerprint density at radius 2 is 1.55 bits per heavy atom. The number of carbonyl (C=O) groups is 2. The maximum atomic E-state index is 12.4. The highest BCUT2D eigenvalue weighted by atomic mass is 16.5. The molecule has 0 unspecified atom stereocenters. The van der Waals surface area contributed by atoms with Crippen LogP contribution in [0.1, 0.15) is 86.0 Å². The first kappa shape index (κ1) is 20.9. The van der Waals surface area contributed by atoms with Gasteiger partial charge in [-0.1, -0.05) is 39.5 Å². The molecule has 1 amide bonds. The molecule has 0 aliphatic rings. The lowest BCUT2D eigenvalue weighted by atomic mass is 10.0. The van der Waals surface area contributed by atoms with Crippen LogP contribution in [0, 0.1) is 0 Å². The van der Waals surface area contributed by atoms with E-state index in [1.54, 1.807) is 0 Å². The van der Waals surface area contributed by atoms with E-state index in [4.69, 9.17) is 4.74 Å². The molecule has 0 aromatic heterocycles. The predicted octanol–water partition coefficient (Wildman–Crippen LogP) is 4.32. The van der Waals surface area contributed by atoms with Crippen molar-refractivity contribution in [3.63, 3.8) is 0 Å². The summed E-state index contributed by atoms with van der Waals surface area (Å²) in [5.74, 6) is -0.0635. The molecule has 0 rings (SSSR count). The van der Waals surface area contributed by atoms with Gasteiger partial charge >= 0.3 is 5.97 Å². The maximum Gasteiger partial charge on any atom is 0.307 e. The zero-order valence-electron chi connectivity index (χ0n) is 15.2. The predicted molar refractivity (Wildman–Crippen MR) is 90.7 cm³/mol. The second-order valence-corrected chi connectivity index (χ2v) is 6.85. The van der Waals surface area contributed by atoms with Gasteiger partial charge < -0.3 is 9.64 Å². The average Bonchev–Trinajstić information content (AvgIpc) is 2.42. The highest BCUT2D eigenvalue weighted by Crippen LogP contribution is 2.17. The first-order valence-corrected chi connectivity index (χ1v) is 8.79. The number of carbonyl (C=O) groups excluding carboxylic acids is 2. The topological polar surface area (TPSA) is 46.6 Å². The average molecular weight is 313 g/mol. The fraction of sp³-hybridized carbons (Fsp3) is 0.889. The van der Waals surface area contributed by atoms with Crippen molar-refractivity contribution in [1.29, 1.82) is 0 Å². The third kappa shape index (κ3) is 9.80. The molecular weight excluding hydrogens is 278 g/mol. The van der Waals surface area contributed by atoms with Crippen LogP contribution in [0.5, 0.6) is 0 Å². The van der Waals surface area contributed by atoms with Gasteiger partial charge in [0.05, 0.1) is 13.0 Å². The fourth-order valence-corrected chi connectivity index (χ4v) is 2.28. The molecule has 0 spiro atoms. The minimum absolute atomic E-state index is 0.143. The van der Waals surface area contributed by atoms with Gasteiger partial charge in [0.2, 0.25) is 5.91 Å². The Bertz CT molecular complexity index is 321. The second-order valence-electron chi connectivity index (χ2n) is 6.85. The van der Waals surface area contributed by atoms with E-state index in [1.807, 2.05) is 25.7 Å². The summed E-state index contributed by atoms with van der Waals surface area (Å²) in [6.07, 6.45) is 7.12. The van der Waals surface area contributed by atoms with Crippen LogP contribution < -0.4 is 0 Å². The molecule has 0 aromatic rings. The fourth-order valence-electron chi connectivity index (χ4n) is 2.28. The number of esters is 1. The Kier molecular flexibility index (Phi) is 10.9. The summed E-state index contributed by atoms with van der Waals surface area (Å²) < 4.78 is 5.16. The molecule has 0 atom stereocenters. The number of amides is 1. The summed E-state index contributed by atoms with van der Waals surface area (Å²) in [5, 5.41) is 0. The van der Waals surface area contributed by atoms with Gasteiger partial charge in [-0.2, -0.15) is 0 Å². The molecule has 0 aliphatic carbocycles. The summed E-state index contributed by atoms with van der Waals surface area (Å²) in [4.78, 5) is 25.9. The van der Waals surface area contributed by atoms with Gasteiger partial charge in [0.15, 0.2) is 0 Å². The van der Waals surface area contributed by atoms with E-state index in [0.29, 0.717) is 19.6 Å². The van der Waals surface area contributed by atoms with Crippen molar-refractivity contribution in [3.05, 3.63) is 0 Å². The smallest absolute Gasteiger partial charge is 0.307 e. The monoisotopic (exact) mass is 313 g/mol. The first-order valence-electron chi connectivity index (χ1n) is 8.79. The lowest BCUT2D eigenvalue weighted by Gasteiger charge is -2.35. The third-order valence-corrected chi connectivity index (χ3v) is 3.66.